The first-order valence-electron chi connectivity index (χ1n) is 5.91. The highest BCUT2D eigenvalue weighted by Crippen LogP contribution is 2.51. The summed E-state index contributed by atoms with van der Waals surface area (Å²) in [6.45, 7) is 12.3. The van der Waals surface area contributed by atoms with E-state index in [4.69, 9.17) is 0 Å². The fourth-order valence-corrected chi connectivity index (χ4v) is 2.25. The van der Waals surface area contributed by atoms with Crippen molar-refractivity contribution < 1.29 is 10.2 Å². The van der Waals surface area contributed by atoms with Gasteiger partial charge in [-0.1, -0.05) is 41.5 Å². The highest BCUT2D eigenvalue weighted by molar-refractivity contribution is 5.01. The van der Waals surface area contributed by atoms with Gasteiger partial charge >= 0.3 is 0 Å². The van der Waals surface area contributed by atoms with E-state index in [0.29, 0.717) is 11.8 Å². The van der Waals surface area contributed by atoms with Gasteiger partial charge in [-0.15, -0.1) is 0 Å². The molecule has 1 aliphatic rings. The van der Waals surface area contributed by atoms with Crippen LogP contribution in [0.4, 0.5) is 0 Å². The van der Waals surface area contributed by atoms with Crippen LogP contribution in [-0.2, 0) is 0 Å². The van der Waals surface area contributed by atoms with Crippen molar-refractivity contribution in [3.8, 4) is 0 Å². The lowest BCUT2D eigenvalue weighted by molar-refractivity contribution is 0.00324. The van der Waals surface area contributed by atoms with Crippen molar-refractivity contribution in [1.82, 2.24) is 0 Å². The van der Waals surface area contributed by atoms with Gasteiger partial charge in [-0.25, -0.2) is 0 Å². The third-order valence-electron chi connectivity index (χ3n) is 3.48. The monoisotopic (exact) mass is 214 g/mol. The van der Waals surface area contributed by atoms with Gasteiger partial charge in [-0.3, -0.25) is 0 Å². The maximum absolute atomic E-state index is 10.1. The van der Waals surface area contributed by atoms with Crippen LogP contribution in [-0.4, -0.2) is 22.4 Å². The standard InChI is InChI=1S/C13H26O2/c1-12(2,3)10(14)8-7-9(8)11(15)13(4,5)6/h8-11,14-15H,7H2,1-6H3/t8-,9?,10?,11?/m0/s1. The summed E-state index contributed by atoms with van der Waals surface area (Å²) in [4.78, 5) is 0. The summed E-state index contributed by atoms with van der Waals surface area (Å²) in [7, 11) is 0. The zero-order valence-corrected chi connectivity index (χ0v) is 10.9. The Kier molecular flexibility index (Phi) is 3.24. The van der Waals surface area contributed by atoms with Crippen molar-refractivity contribution in [3.05, 3.63) is 0 Å². The van der Waals surface area contributed by atoms with Gasteiger partial charge < -0.3 is 10.2 Å². The van der Waals surface area contributed by atoms with Gasteiger partial charge in [-0.05, 0) is 29.1 Å². The zero-order valence-electron chi connectivity index (χ0n) is 10.9. The summed E-state index contributed by atoms with van der Waals surface area (Å²) in [5.74, 6) is 0.582. The van der Waals surface area contributed by atoms with E-state index in [1.54, 1.807) is 0 Å². The van der Waals surface area contributed by atoms with Gasteiger partial charge in [0.05, 0.1) is 12.2 Å². The molecule has 0 aromatic heterocycles. The molecule has 1 aliphatic carbocycles. The van der Waals surface area contributed by atoms with E-state index in [-0.39, 0.29) is 23.0 Å². The molecule has 90 valence electrons. The molecule has 0 bridgehead atoms. The zero-order chi connectivity index (χ0) is 12.0. The second-order valence-corrected chi connectivity index (χ2v) is 7.19. The Morgan fingerprint density at radius 1 is 0.800 bits per heavy atom. The van der Waals surface area contributed by atoms with Gasteiger partial charge in [0.1, 0.15) is 0 Å². The lowest BCUT2D eigenvalue weighted by Gasteiger charge is -2.30. The van der Waals surface area contributed by atoms with E-state index in [1.807, 2.05) is 0 Å². The van der Waals surface area contributed by atoms with E-state index in [9.17, 15) is 10.2 Å². The van der Waals surface area contributed by atoms with E-state index in [0.717, 1.165) is 6.42 Å². The predicted octanol–water partition coefficient (Wildman–Crippen LogP) is 2.44. The second kappa shape index (κ2) is 3.74. The molecule has 3 unspecified atom stereocenters. The summed E-state index contributed by atoms with van der Waals surface area (Å²) in [6, 6.07) is 0. The van der Waals surface area contributed by atoms with Crippen LogP contribution in [0.5, 0.6) is 0 Å². The van der Waals surface area contributed by atoms with Crippen molar-refractivity contribution in [2.75, 3.05) is 0 Å². The lowest BCUT2D eigenvalue weighted by Crippen LogP contribution is -2.33. The summed E-state index contributed by atoms with van der Waals surface area (Å²) >= 11 is 0. The molecule has 1 fully saturated rings. The largest absolute Gasteiger partial charge is 0.392 e. The Labute approximate surface area is 93.7 Å². The molecule has 0 spiro atoms. The minimum Gasteiger partial charge on any atom is -0.392 e. The molecule has 4 atom stereocenters. The van der Waals surface area contributed by atoms with Crippen LogP contribution in [0.15, 0.2) is 0 Å². The first-order valence-corrected chi connectivity index (χ1v) is 5.91. The second-order valence-electron chi connectivity index (χ2n) is 7.19. The topological polar surface area (TPSA) is 40.5 Å². The number of hydrogen-bond acceptors (Lipinski definition) is 2. The first kappa shape index (κ1) is 13.0. The minimum absolute atomic E-state index is 0.0724. The number of aliphatic hydroxyl groups excluding tert-OH is 2. The van der Waals surface area contributed by atoms with Gasteiger partial charge in [0, 0.05) is 0 Å². The van der Waals surface area contributed by atoms with Crippen molar-refractivity contribution in [3.63, 3.8) is 0 Å². The molecule has 0 amide bonds. The van der Waals surface area contributed by atoms with Crippen LogP contribution in [0.2, 0.25) is 0 Å². The highest BCUT2D eigenvalue weighted by atomic mass is 16.3. The average molecular weight is 214 g/mol. The molecule has 0 heterocycles. The summed E-state index contributed by atoms with van der Waals surface area (Å²) in [5, 5.41) is 20.2. The van der Waals surface area contributed by atoms with Crippen molar-refractivity contribution in [2.24, 2.45) is 22.7 Å². The normalized spacial score (nSPS) is 31.2. The Bertz CT molecular complexity index is 198. The van der Waals surface area contributed by atoms with Gasteiger partial charge in [-0.2, -0.15) is 0 Å². The highest BCUT2D eigenvalue weighted by Gasteiger charge is 2.52. The molecule has 0 aliphatic heterocycles. The molecular formula is C13H26O2. The van der Waals surface area contributed by atoms with Crippen LogP contribution < -0.4 is 0 Å². The van der Waals surface area contributed by atoms with Gasteiger partial charge in [0.15, 0.2) is 0 Å². The third kappa shape index (κ3) is 2.94. The smallest absolute Gasteiger partial charge is 0.0620 e. The Morgan fingerprint density at radius 3 is 1.27 bits per heavy atom. The molecule has 15 heavy (non-hydrogen) atoms. The Morgan fingerprint density at radius 2 is 1.07 bits per heavy atom. The maximum Gasteiger partial charge on any atom is 0.0620 e. The molecule has 2 N–H and O–H groups in total. The van der Waals surface area contributed by atoms with Crippen LogP contribution in [0.3, 0.4) is 0 Å². The SMILES string of the molecule is CC(C)(C)C(O)C1C[C@@H]1C(O)C(C)(C)C. The molecule has 0 aromatic rings. The van der Waals surface area contributed by atoms with E-state index >= 15 is 0 Å². The van der Waals surface area contributed by atoms with Crippen molar-refractivity contribution in [1.29, 1.82) is 0 Å². The molecule has 1 saturated carbocycles. The molecular weight excluding hydrogens is 188 g/mol. The average Bonchev–Trinajstić information content (AvgIpc) is 2.76. The number of aliphatic hydroxyl groups is 2. The predicted molar refractivity (Wildman–Crippen MR) is 62.5 cm³/mol. The van der Waals surface area contributed by atoms with Crippen LogP contribution in [0, 0.1) is 22.7 Å². The van der Waals surface area contributed by atoms with Crippen LogP contribution in [0.1, 0.15) is 48.0 Å². The molecule has 0 aromatic carbocycles. The fraction of sp³-hybridized carbons (Fsp3) is 1.00. The minimum atomic E-state index is -0.292. The van der Waals surface area contributed by atoms with E-state index < -0.39 is 0 Å². The van der Waals surface area contributed by atoms with Crippen LogP contribution >= 0.6 is 0 Å². The van der Waals surface area contributed by atoms with Gasteiger partial charge in [0.2, 0.25) is 0 Å². The Hall–Kier alpha value is -0.0800. The molecule has 2 nitrogen and oxygen atoms in total. The first-order chi connectivity index (χ1) is 6.55. The number of hydrogen-bond donors (Lipinski definition) is 2. The fourth-order valence-electron chi connectivity index (χ4n) is 2.25. The number of rotatable bonds is 2. The van der Waals surface area contributed by atoms with Crippen molar-refractivity contribution in [2.45, 2.75) is 60.2 Å². The maximum atomic E-state index is 10.1. The quantitative estimate of drug-likeness (QED) is 0.741. The third-order valence-corrected chi connectivity index (χ3v) is 3.48. The van der Waals surface area contributed by atoms with Crippen LogP contribution in [0.25, 0.3) is 0 Å². The van der Waals surface area contributed by atoms with Crippen molar-refractivity contribution >= 4 is 0 Å². The summed E-state index contributed by atoms with van der Waals surface area (Å²) < 4.78 is 0. The Balaban J connectivity index is 2.55. The summed E-state index contributed by atoms with van der Waals surface area (Å²) in [5.41, 5.74) is -0.145. The summed E-state index contributed by atoms with van der Waals surface area (Å²) in [6.07, 6.45) is 0.385. The molecule has 0 saturated heterocycles. The van der Waals surface area contributed by atoms with Gasteiger partial charge in [0.25, 0.3) is 0 Å². The van der Waals surface area contributed by atoms with E-state index in [2.05, 4.69) is 41.5 Å². The molecule has 1 rings (SSSR count). The molecule has 0 radical (unpaired) electrons. The van der Waals surface area contributed by atoms with E-state index in [1.165, 1.54) is 0 Å². The lowest BCUT2D eigenvalue weighted by atomic mass is 9.81. The molecule has 2 heteroatoms.